The van der Waals surface area contributed by atoms with Crippen LogP contribution in [0.1, 0.15) is 21.6 Å². The summed E-state index contributed by atoms with van der Waals surface area (Å²) in [5.41, 5.74) is 0.769. The third-order valence-electron chi connectivity index (χ3n) is 6.47. The zero-order valence-corrected chi connectivity index (χ0v) is 21.0. The van der Waals surface area contributed by atoms with Crippen LogP contribution in [-0.2, 0) is 10.3 Å². The summed E-state index contributed by atoms with van der Waals surface area (Å²) in [5, 5.41) is 21.8. The zero-order valence-electron chi connectivity index (χ0n) is 19.3. The number of aromatic amines is 1. The normalized spacial score (nSPS) is 21.9. The summed E-state index contributed by atoms with van der Waals surface area (Å²) in [7, 11) is 0. The van der Waals surface area contributed by atoms with E-state index in [-0.39, 0.29) is 11.4 Å². The van der Waals surface area contributed by atoms with Crippen molar-refractivity contribution in [1.82, 2.24) is 9.55 Å². The molecule has 1 fully saturated rings. The van der Waals surface area contributed by atoms with Gasteiger partial charge >= 0.3 is 214 Å². The number of aliphatic hydroxyl groups is 2. The topological polar surface area (TPSA) is 105 Å². The summed E-state index contributed by atoms with van der Waals surface area (Å²) < 4.78 is 8.12. The van der Waals surface area contributed by atoms with Gasteiger partial charge in [-0.1, -0.05) is 0 Å². The van der Waals surface area contributed by atoms with Crippen molar-refractivity contribution < 1.29 is 14.9 Å². The molecule has 0 aliphatic carbocycles. The van der Waals surface area contributed by atoms with Crippen LogP contribution in [0.4, 0.5) is 0 Å². The van der Waals surface area contributed by atoms with Crippen molar-refractivity contribution in [2.45, 2.75) is 27.6 Å². The number of nitrogens with one attached hydrogen (secondary N) is 1. The third kappa shape index (κ3) is 4.50. The second-order valence-corrected chi connectivity index (χ2v) is 11.5. The van der Waals surface area contributed by atoms with E-state index < -0.39 is 49.0 Å². The number of ether oxygens (including phenoxy) is 1. The first-order valence-electron chi connectivity index (χ1n) is 11.6. The average molecular weight is 549 g/mol. The van der Waals surface area contributed by atoms with Gasteiger partial charge in [-0.05, 0) is 0 Å². The Morgan fingerprint density at radius 2 is 1.28 bits per heavy atom. The van der Waals surface area contributed by atoms with Crippen LogP contribution in [0.25, 0.3) is 0 Å². The minimum absolute atomic E-state index is 0.158. The van der Waals surface area contributed by atoms with Gasteiger partial charge in [0.05, 0.1) is 0 Å². The predicted octanol–water partition coefficient (Wildman–Crippen LogP) is 2.27. The molecule has 1 aliphatic rings. The molecule has 8 heteroatoms. The molecule has 1 saturated heterocycles. The van der Waals surface area contributed by atoms with Gasteiger partial charge in [0.15, 0.2) is 0 Å². The van der Waals surface area contributed by atoms with E-state index in [0.717, 1.165) is 16.7 Å². The van der Waals surface area contributed by atoms with E-state index in [1.54, 1.807) is 0 Å². The van der Waals surface area contributed by atoms with E-state index in [4.69, 9.17) is 4.74 Å². The molecule has 3 aromatic carbocycles. The number of aromatic nitrogens is 2. The molecule has 1 aromatic heterocycles. The van der Waals surface area contributed by atoms with Gasteiger partial charge in [-0.3, -0.25) is 0 Å². The van der Waals surface area contributed by atoms with Crippen molar-refractivity contribution >= 4 is 15.0 Å². The predicted molar refractivity (Wildman–Crippen MR) is 137 cm³/mol. The Bertz CT molecular complexity index is 1310. The number of hydrogen-bond acceptors (Lipinski definition) is 5. The fourth-order valence-electron chi connectivity index (χ4n) is 4.70. The van der Waals surface area contributed by atoms with Gasteiger partial charge in [0.25, 0.3) is 0 Å². The second kappa shape index (κ2) is 10.4. The summed E-state index contributed by atoms with van der Waals surface area (Å²) >= 11 is -0.392. The van der Waals surface area contributed by atoms with E-state index in [0.29, 0.717) is 0 Å². The van der Waals surface area contributed by atoms with Gasteiger partial charge in [-0.25, -0.2) is 0 Å². The Morgan fingerprint density at radius 3 is 1.75 bits per heavy atom. The van der Waals surface area contributed by atoms with Gasteiger partial charge < -0.3 is 0 Å². The molecule has 0 spiro atoms. The van der Waals surface area contributed by atoms with Crippen molar-refractivity contribution in [3.63, 3.8) is 0 Å². The Hall–Kier alpha value is -3.26. The average Bonchev–Trinajstić information content (AvgIpc) is 3.19. The van der Waals surface area contributed by atoms with Crippen LogP contribution < -0.4 is 11.2 Å². The molecular weight excluding hydrogens is 523 g/mol. The van der Waals surface area contributed by atoms with E-state index in [1.165, 1.54) is 16.8 Å². The van der Waals surface area contributed by atoms with Crippen LogP contribution in [0.5, 0.6) is 0 Å². The monoisotopic (exact) mass is 550 g/mol. The van der Waals surface area contributed by atoms with Crippen LogP contribution >= 0.6 is 0 Å². The van der Waals surface area contributed by atoms with Crippen LogP contribution in [0.15, 0.2) is 113 Å². The number of benzene rings is 3. The molecule has 5 rings (SSSR count). The molecule has 0 saturated carbocycles. The van der Waals surface area contributed by atoms with Crippen LogP contribution in [0, 0.1) is 0 Å². The summed E-state index contributed by atoms with van der Waals surface area (Å²) in [6.45, 7) is 0.158. The molecule has 184 valence electrons. The maximum atomic E-state index is 12.4. The van der Waals surface area contributed by atoms with Crippen molar-refractivity contribution in [2.75, 3.05) is 6.61 Å². The third-order valence-corrected chi connectivity index (χ3v) is 9.72. The Morgan fingerprint density at radius 1 is 0.778 bits per heavy atom. The number of rotatable bonds is 7. The first kappa shape index (κ1) is 24.4. The van der Waals surface area contributed by atoms with Crippen LogP contribution in [-0.4, -0.2) is 53.5 Å². The minimum atomic E-state index is -1.15. The molecule has 3 N–H and O–H groups in total. The van der Waals surface area contributed by atoms with Crippen LogP contribution in [0.2, 0.25) is 4.82 Å². The Kier molecular flexibility index (Phi) is 7.05. The number of hydrogen-bond donors (Lipinski definition) is 3. The van der Waals surface area contributed by atoms with E-state index in [1.807, 2.05) is 91.0 Å². The van der Waals surface area contributed by atoms with Crippen LogP contribution in [0.3, 0.4) is 0 Å². The first-order valence-corrected chi connectivity index (χ1v) is 13.6. The molecule has 36 heavy (non-hydrogen) atoms. The number of nitrogens with zero attached hydrogens (tertiary/aromatic N) is 1. The SMILES string of the molecule is O=c1ccn(C2[Se]C(COC(c3ccccc3)(c3ccccc3)c3ccccc3)C(O)C2O)c(=O)[nH]1. The fraction of sp³-hybridized carbons (Fsp3) is 0.214. The Balaban J connectivity index is 1.52. The van der Waals surface area contributed by atoms with Gasteiger partial charge in [-0.15, -0.1) is 0 Å². The van der Waals surface area contributed by atoms with Crippen molar-refractivity contribution in [1.29, 1.82) is 0 Å². The molecule has 7 nitrogen and oxygen atoms in total. The molecule has 2 heterocycles. The molecular formula is C28H26N2O5Se. The fourth-order valence-corrected chi connectivity index (χ4v) is 7.73. The molecule has 4 unspecified atom stereocenters. The Labute approximate surface area is 214 Å². The van der Waals surface area contributed by atoms with E-state index in [9.17, 15) is 19.8 Å². The number of H-pyrrole nitrogens is 1. The summed E-state index contributed by atoms with van der Waals surface area (Å²) in [4.78, 5) is 25.1. The molecule has 1 aliphatic heterocycles. The quantitative estimate of drug-likeness (QED) is 0.243. The van der Waals surface area contributed by atoms with Gasteiger partial charge in [-0.2, -0.15) is 0 Å². The van der Waals surface area contributed by atoms with Gasteiger partial charge in [0, 0.05) is 0 Å². The van der Waals surface area contributed by atoms with Crippen molar-refractivity contribution in [3.8, 4) is 0 Å². The molecule has 0 bridgehead atoms. The van der Waals surface area contributed by atoms with Crippen molar-refractivity contribution in [3.05, 3.63) is 141 Å². The zero-order chi connectivity index (χ0) is 25.1. The van der Waals surface area contributed by atoms with E-state index in [2.05, 4.69) is 4.98 Å². The maximum absolute atomic E-state index is 12.4. The summed E-state index contributed by atoms with van der Waals surface area (Å²) in [5.74, 6) is 0. The van der Waals surface area contributed by atoms with Gasteiger partial charge in [0.2, 0.25) is 0 Å². The standard InChI is InChI=1S/C28H26N2O5Se/c31-23-16-17-30(27(34)29-23)26-25(33)24(32)22(36-26)18-35-28(19-10-4-1-5-11-19,20-12-6-2-7-13-20)21-14-8-3-9-15-21/h1-17,22,24-26,32-33H,18H2,(H,29,31,34). The van der Waals surface area contributed by atoms with Crippen molar-refractivity contribution in [2.24, 2.45) is 0 Å². The summed E-state index contributed by atoms with van der Waals surface area (Å²) in [6.07, 6.45) is -0.856. The summed E-state index contributed by atoms with van der Waals surface area (Å²) in [6, 6.07) is 31.0. The molecule has 4 aromatic rings. The first-order chi connectivity index (χ1) is 17.5. The van der Waals surface area contributed by atoms with E-state index >= 15 is 0 Å². The number of aliphatic hydroxyl groups excluding tert-OH is 2. The molecule has 0 radical (unpaired) electrons. The molecule has 0 amide bonds. The van der Waals surface area contributed by atoms with Gasteiger partial charge in [0.1, 0.15) is 0 Å². The molecule has 4 atom stereocenters. The second-order valence-electron chi connectivity index (χ2n) is 8.65.